The Balaban J connectivity index is 1.51. The number of rotatable bonds is 3. The van der Waals surface area contributed by atoms with Crippen LogP contribution in [0.3, 0.4) is 0 Å². The first-order chi connectivity index (χ1) is 14.1. The molecular weight excluding hydrogens is 376 g/mol. The molecule has 8 heteroatoms. The van der Waals surface area contributed by atoms with Gasteiger partial charge in [0.1, 0.15) is 29.9 Å². The minimum atomic E-state index is -0.621. The first kappa shape index (κ1) is 17.1. The second-order valence-corrected chi connectivity index (χ2v) is 6.53. The van der Waals surface area contributed by atoms with Crippen LogP contribution in [0.2, 0.25) is 0 Å². The molecule has 0 bridgehead atoms. The van der Waals surface area contributed by atoms with Gasteiger partial charge in [-0.3, -0.25) is 14.9 Å². The van der Waals surface area contributed by atoms with Crippen molar-refractivity contribution in [3.05, 3.63) is 70.3 Å². The Morgan fingerprint density at radius 1 is 0.931 bits per heavy atom. The number of nitro groups is 1. The van der Waals surface area contributed by atoms with E-state index in [2.05, 4.69) is 5.32 Å². The lowest BCUT2D eigenvalue weighted by Gasteiger charge is -2.18. The van der Waals surface area contributed by atoms with E-state index in [9.17, 15) is 14.9 Å². The van der Waals surface area contributed by atoms with Gasteiger partial charge in [0, 0.05) is 28.6 Å². The highest BCUT2D eigenvalue weighted by Gasteiger charge is 2.26. The number of nitrogens with one attached hydrogen (secondary N) is 1. The number of fused-ring (bicyclic) bond motifs is 4. The Morgan fingerprint density at radius 3 is 2.45 bits per heavy atom. The molecule has 144 valence electrons. The third-order valence-electron chi connectivity index (χ3n) is 4.74. The number of carbonyl (C=O) groups is 1. The largest absolute Gasteiger partial charge is 0.486 e. The maximum Gasteiger partial charge on any atom is 0.286 e. The Bertz CT molecular complexity index is 1290. The SMILES string of the molecule is O=C(Nc1ccc2c(c1)oc1ccccc12)c1cc2c(cc1[N+](=O)[O-])OCCO2. The summed E-state index contributed by atoms with van der Waals surface area (Å²) in [4.78, 5) is 23.6. The fourth-order valence-electron chi connectivity index (χ4n) is 3.41. The molecule has 4 aromatic rings. The number of hydrogen-bond donors (Lipinski definition) is 1. The molecule has 3 aromatic carbocycles. The van der Waals surface area contributed by atoms with E-state index in [1.807, 2.05) is 30.3 Å². The smallest absolute Gasteiger partial charge is 0.286 e. The van der Waals surface area contributed by atoms with Crippen LogP contribution >= 0.6 is 0 Å². The van der Waals surface area contributed by atoms with Crippen molar-refractivity contribution in [2.45, 2.75) is 0 Å². The van der Waals surface area contributed by atoms with Crippen LogP contribution in [0, 0.1) is 10.1 Å². The van der Waals surface area contributed by atoms with E-state index in [4.69, 9.17) is 13.9 Å². The molecule has 0 aliphatic carbocycles. The molecule has 0 saturated carbocycles. The number of nitro benzene ring substituents is 1. The van der Waals surface area contributed by atoms with Crippen LogP contribution in [-0.4, -0.2) is 24.0 Å². The van der Waals surface area contributed by atoms with Crippen molar-refractivity contribution in [3.63, 3.8) is 0 Å². The molecule has 1 aliphatic heterocycles. The highest BCUT2D eigenvalue weighted by atomic mass is 16.6. The van der Waals surface area contributed by atoms with Crippen molar-refractivity contribution in [2.24, 2.45) is 0 Å². The molecular formula is C21H14N2O6. The minimum Gasteiger partial charge on any atom is -0.486 e. The highest BCUT2D eigenvalue weighted by molar-refractivity contribution is 6.10. The summed E-state index contributed by atoms with van der Waals surface area (Å²) in [5, 5.41) is 16.0. The third-order valence-corrected chi connectivity index (χ3v) is 4.74. The average molecular weight is 390 g/mol. The van der Waals surface area contributed by atoms with Crippen molar-refractivity contribution in [2.75, 3.05) is 18.5 Å². The molecule has 0 unspecified atom stereocenters. The van der Waals surface area contributed by atoms with Crippen LogP contribution in [0.15, 0.2) is 59.0 Å². The number of para-hydroxylation sites is 1. The van der Waals surface area contributed by atoms with E-state index >= 15 is 0 Å². The van der Waals surface area contributed by atoms with Gasteiger partial charge in [-0.05, 0) is 18.2 Å². The maximum atomic E-state index is 12.8. The van der Waals surface area contributed by atoms with E-state index in [-0.39, 0.29) is 17.0 Å². The molecule has 0 spiro atoms. The number of benzene rings is 3. The summed E-state index contributed by atoms with van der Waals surface area (Å²) >= 11 is 0. The van der Waals surface area contributed by atoms with Crippen molar-refractivity contribution in [1.82, 2.24) is 0 Å². The summed E-state index contributed by atoms with van der Waals surface area (Å²) in [5.41, 5.74) is 1.36. The van der Waals surface area contributed by atoms with Gasteiger partial charge < -0.3 is 19.2 Å². The number of hydrogen-bond acceptors (Lipinski definition) is 6. The van der Waals surface area contributed by atoms with Crippen molar-refractivity contribution in [3.8, 4) is 11.5 Å². The zero-order chi connectivity index (χ0) is 20.0. The summed E-state index contributed by atoms with van der Waals surface area (Å²) < 4.78 is 16.6. The van der Waals surface area contributed by atoms with Gasteiger partial charge in [-0.15, -0.1) is 0 Å². The Morgan fingerprint density at radius 2 is 1.66 bits per heavy atom. The van der Waals surface area contributed by atoms with Gasteiger partial charge in [0.05, 0.1) is 11.0 Å². The predicted molar refractivity (Wildman–Crippen MR) is 106 cm³/mol. The molecule has 0 radical (unpaired) electrons. The average Bonchev–Trinajstić information content (AvgIpc) is 3.10. The highest BCUT2D eigenvalue weighted by Crippen LogP contribution is 2.37. The van der Waals surface area contributed by atoms with Crippen LogP contribution in [0.1, 0.15) is 10.4 Å². The Kier molecular flexibility index (Phi) is 3.83. The molecule has 1 N–H and O–H groups in total. The zero-order valence-corrected chi connectivity index (χ0v) is 15.0. The number of carbonyl (C=O) groups excluding carboxylic acids is 1. The summed E-state index contributed by atoms with van der Waals surface area (Å²) in [6.45, 7) is 0.613. The van der Waals surface area contributed by atoms with Gasteiger partial charge >= 0.3 is 0 Å². The summed E-state index contributed by atoms with van der Waals surface area (Å²) in [5.74, 6) is -0.0629. The monoisotopic (exact) mass is 390 g/mol. The fraction of sp³-hybridized carbons (Fsp3) is 0.0952. The molecule has 5 rings (SSSR count). The lowest BCUT2D eigenvalue weighted by Crippen LogP contribution is -2.18. The van der Waals surface area contributed by atoms with Crippen molar-refractivity contribution < 1.29 is 23.6 Å². The summed E-state index contributed by atoms with van der Waals surface area (Å²) in [6.07, 6.45) is 0. The van der Waals surface area contributed by atoms with E-state index in [1.165, 1.54) is 12.1 Å². The third kappa shape index (κ3) is 2.91. The van der Waals surface area contributed by atoms with Crippen LogP contribution in [0.4, 0.5) is 11.4 Å². The number of ether oxygens (including phenoxy) is 2. The number of anilines is 1. The van der Waals surface area contributed by atoms with Gasteiger partial charge in [-0.1, -0.05) is 18.2 Å². The van der Waals surface area contributed by atoms with Crippen LogP contribution in [0.25, 0.3) is 21.9 Å². The van der Waals surface area contributed by atoms with Crippen LogP contribution in [0.5, 0.6) is 11.5 Å². The van der Waals surface area contributed by atoms with Crippen molar-refractivity contribution in [1.29, 1.82) is 0 Å². The van der Waals surface area contributed by atoms with Gasteiger partial charge in [0.2, 0.25) is 0 Å². The Labute approximate surface area is 163 Å². The van der Waals surface area contributed by atoms with E-state index in [1.54, 1.807) is 12.1 Å². The van der Waals surface area contributed by atoms with Gasteiger partial charge in [0.25, 0.3) is 11.6 Å². The quantitative estimate of drug-likeness (QED) is 0.407. The number of furan rings is 1. The second-order valence-electron chi connectivity index (χ2n) is 6.53. The van der Waals surface area contributed by atoms with Gasteiger partial charge in [-0.25, -0.2) is 0 Å². The molecule has 0 fully saturated rings. The summed E-state index contributed by atoms with van der Waals surface area (Å²) in [6, 6.07) is 15.4. The predicted octanol–water partition coefficient (Wildman–Crippen LogP) is 4.52. The van der Waals surface area contributed by atoms with Crippen LogP contribution in [-0.2, 0) is 0 Å². The molecule has 0 atom stereocenters. The van der Waals surface area contributed by atoms with E-state index in [0.29, 0.717) is 30.2 Å². The fourth-order valence-corrected chi connectivity index (χ4v) is 3.41. The molecule has 1 aromatic heterocycles. The number of nitrogens with zero attached hydrogens (tertiary/aromatic N) is 1. The topological polar surface area (TPSA) is 104 Å². The molecule has 1 amide bonds. The molecule has 0 saturated heterocycles. The zero-order valence-electron chi connectivity index (χ0n) is 15.0. The first-order valence-corrected chi connectivity index (χ1v) is 8.91. The second kappa shape index (κ2) is 6.52. The lowest BCUT2D eigenvalue weighted by molar-refractivity contribution is -0.385. The maximum absolute atomic E-state index is 12.8. The lowest BCUT2D eigenvalue weighted by atomic mass is 10.1. The normalized spacial score (nSPS) is 12.8. The van der Waals surface area contributed by atoms with Gasteiger partial charge in [-0.2, -0.15) is 0 Å². The molecule has 29 heavy (non-hydrogen) atoms. The first-order valence-electron chi connectivity index (χ1n) is 8.91. The standard InChI is InChI=1S/C21H14N2O6/c24-21(15-10-19-20(28-8-7-27-19)11-16(15)23(25)26)22-12-5-6-14-13-3-1-2-4-17(13)29-18(14)9-12/h1-6,9-11H,7-8H2,(H,22,24). The van der Waals surface area contributed by atoms with E-state index < -0.39 is 10.8 Å². The minimum absolute atomic E-state index is 0.107. The summed E-state index contributed by atoms with van der Waals surface area (Å²) in [7, 11) is 0. The molecule has 2 heterocycles. The molecule has 1 aliphatic rings. The number of amides is 1. The van der Waals surface area contributed by atoms with E-state index in [0.717, 1.165) is 16.4 Å². The Hall–Kier alpha value is -4.07. The van der Waals surface area contributed by atoms with Crippen molar-refractivity contribution >= 4 is 39.2 Å². The van der Waals surface area contributed by atoms with Gasteiger partial charge in [0.15, 0.2) is 11.5 Å². The molecule has 8 nitrogen and oxygen atoms in total. The van der Waals surface area contributed by atoms with Crippen LogP contribution < -0.4 is 14.8 Å².